The number of carbonyl (C=O) groups is 1. The summed E-state index contributed by atoms with van der Waals surface area (Å²) in [5, 5.41) is 9.57. The van der Waals surface area contributed by atoms with E-state index in [1.54, 1.807) is 11.2 Å². The third-order valence-corrected chi connectivity index (χ3v) is 7.26. The Labute approximate surface area is 183 Å². The molecule has 154 valence electrons. The number of hydrogen-bond acceptors (Lipinski definition) is 6. The molecule has 6 nitrogen and oxygen atoms in total. The number of thiophene rings is 1. The molecule has 1 aliphatic carbocycles. The van der Waals surface area contributed by atoms with Gasteiger partial charge >= 0.3 is 0 Å². The molecule has 0 bridgehead atoms. The molecule has 0 radical (unpaired) electrons. The molecule has 29 heavy (non-hydrogen) atoms. The van der Waals surface area contributed by atoms with Gasteiger partial charge in [-0.1, -0.05) is 42.6 Å². The molecule has 0 unspecified atom stereocenters. The van der Waals surface area contributed by atoms with E-state index in [2.05, 4.69) is 14.8 Å². The van der Waals surface area contributed by atoms with Crippen LogP contribution in [0, 0.1) is 0 Å². The van der Waals surface area contributed by atoms with E-state index in [9.17, 15) is 4.79 Å². The molecule has 0 atom stereocenters. The van der Waals surface area contributed by atoms with Crippen LogP contribution in [0.5, 0.6) is 0 Å². The summed E-state index contributed by atoms with van der Waals surface area (Å²) in [6.45, 7) is 0.559. The first-order valence-electron chi connectivity index (χ1n) is 9.71. The largest absolute Gasteiger partial charge is 0.461 e. The molecular weight excluding hydrogens is 428 g/mol. The summed E-state index contributed by atoms with van der Waals surface area (Å²) in [6.07, 6.45) is 7.54. The van der Waals surface area contributed by atoms with E-state index in [4.69, 9.17) is 16.0 Å². The summed E-state index contributed by atoms with van der Waals surface area (Å²) >= 11 is 8.93. The monoisotopic (exact) mass is 450 g/mol. The van der Waals surface area contributed by atoms with Crippen molar-refractivity contribution in [2.24, 2.45) is 0 Å². The predicted octanol–water partition coefficient (Wildman–Crippen LogP) is 5.51. The number of carbonyl (C=O) groups excluding carboxylic acids is 1. The van der Waals surface area contributed by atoms with Crippen LogP contribution in [0.1, 0.15) is 43.0 Å². The minimum Gasteiger partial charge on any atom is -0.461 e. The van der Waals surface area contributed by atoms with Crippen molar-refractivity contribution in [2.45, 2.75) is 49.8 Å². The molecule has 3 aromatic heterocycles. The fraction of sp³-hybridized carbons (Fsp3) is 0.450. The van der Waals surface area contributed by atoms with Crippen LogP contribution in [0.4, 0.5) is 0 Å². The molecule has 1 amide bonds. The fourth-order valence-corrected chi connectivity index (χ4v) is 5.70. The van der Waals surface area contributed by atoms with E-state index < -0.39 is 0 Å². The van der Waals surface area contributed by atoms with Crippen LogP contribution in [0.3, 0.4) is 0 Å². The number of hydrogen-bond donors (Lipinski definition) is 0. The Kier molecular flexibility index (Phi) is 6.62. The summed E-state index contributed by atoms with van der Waals surface area (Å²) in [5.41, 5.74) is 0. The van der Waals surface area contributed by atoms with Gasteiger partial charge in [0.1, 0.15) is 0 Å². The third kappa shape index (κ3) is 4.87. The van der Waals surface area contributed by atoms with Crippen LogP contribution in [-0.2, 0) is 11.3 Å². The second-order valence-electron chi connectivity index (χ2n) is 7.19. The van der Waals surface area contributed by atoms with Crippen molar-refractivity contribution < 1.29 is 9.21 Å². The van der Waals surface area contributed by atoms with Crippen molar-refractivity contribution in [3.05, 3.63) is 39.7 Å². The molecule has 3 heterocycles. The lowest BCUT2D eigenvalue weighted by molar-refractivity contribution is -0.127. The number of nitrogens with zero attached hydrogens (tertiary/aromatic N) is 4. The zero-order chi connectivity index (χ0) is 20.2. The SMILES string of the molecule is CN(Cc1ccc(Cl)s1)C(=O)CSc1nnc(-c2ccco2)n1C1CCCCC1. The van der Waals surface area contributed by atoms with Crippen LogP contribution >= 0.6 is 34.7 Å². The summed E-state index contributed by atoms with van der Waals surface area (Å²) in [6, 6.07) is 7.93. The maximum atomic E-state index is 12.7. The highest BCUT2D eigenvalue weighted by Crippen LogP contribution is 2.35. The van der Waals surface area contributed by atoms with E-state index >= 15 is 0 Å². The minimum absolute atomic E-state index is 0.0530. The average molecular weight is 451 g/mol. The van der Waals surface area contributed by atoms with Gasteiger partial charge in [0, 0.05) is 18.0 Å². The first-order valence-corrected chi connectivity index (χ1v) is 11.9. The van der Waals surface area contributed by atoms with Crippen LogP contribution < -0.4 is 0 Å². The number of rotatable bonds is 7. The molecule has 0 saturated heterocycles. The maximum absolute atomic E-state index is 12.7. The average Bonchev–Trinajstić information content (AvgIpc) is 3.47. The van der Waals surface area contributed by atoms with Crippen molar-refractivity contribution in [3.8, 4) is 11.6 Å². The molecule has 0 aliphatic heterocycles. The first kappa shape index (κ1) is 20.5. The Morgan fingerprint density at radius 3 is 2.83 bits per heavy atom. The first-order chi connectivity index (χ1) is 14.1. The molecule has 9 heteroatoms. The van der Waals surface area contributed by atoms with Gasteiger partial charge in [0.05, 0.1) is 22.9 Å². The number of amides is 1. The zero-order valence-electron chi connectivity index (χ0n) is 16.2. The van der Waals surface area contributed by atoms with Gasteiger partial charge in [0.2, 0.25) is 11.7 Å². The van der Waals surface area contributed by atoms with E-state index in [1.807, 2.05) is 31.3 Å². The van der Waals surface area contributed by atoms with Crippen LogP contribution in [0.15, 0.2) is 40.1 Å². The Balaban J connectivity index is 1.47. The highest BCUT2D eigenvalue weighted by atomic mass is 35.5. The van der Waals surface area contributed by atoms with E-state index in [0.717, 1.165) is 33.0 Å². The van der Waals surface area contributed by atoms with Crippen molar-refractivity contribution in [1.29, 1.82) is 0 Å². The molecule has 0 spiro atoms. The van der Waals surface area contributed by atoms with Gasteiger partial charge in [0.25, 0.3) is 0 Å². The number of thioether (sulfide) groups is 1. The number of furan rings is 1. The lowest BCUT2D eigenvalue weighted by atomic mass is 9.95. The lowest BCUT2D eigenvalue weighted by Crippen LogP contribution is -2.27. The Morgan fingerprint density at radius 1 is 1.31 bits per heavy atom. The van der Waals surface area contributed by atoms with Crippen molar-refractivity contribution in [2.75, 3.05) is 12.8 Å². The van der Waals surface area contributed by atoms with E-state index in [0.29, 0.717) is 24.1 Å². The molecule has 1 aliphatic rings. The summed E-state index contributed by atoms with van der Waals surface area (Å²) < 4.78 is 8.49. The van der Waals surface area contributed by atoms with Gasteiger partial charge in [-0.25, -0.2) is 0 Å². The lowest BCUT2D eigenvalue weighted by Gasteiger charge is -2.25. The van der Waals surface area contributed by atoms with E-state index in [-0.39, 0.29) is 5.91 Å². The Bertz CT molecular complexity index is 948. The zero-order valence-corrected chi connectivity index (χ0v) is 18.6. The van der Waals surface area contributed by atoms with Crippen molar-refractivity contribution >= 4 is 40.6 Å². The fourth-order valence-electron chi connectivity index (χ4n) is 3.61. The van der Waals surface area contributed by atoms with Gasteiger partial charge in [-0.3, -0.25) is 9.36 Å². The number of aromatic nitrogens is 3. The van der Waals surface area contributed by atoms with Crippen molar-refractivity contribution in [1.82, 2.24) is 19.7 Å². The highest BCUT2D eigenvalue weighted by Gasteiger charge is 2.25. The van der Waals surface area contributed by atoms with Gasteiger partial charge in [0.15, 0.2) is 10.9 Å². The van der Waals surface area contributed by atoms with Crippen LogP contribution in [0.25, 0.3) is 11.6 Å². The normalized spacial score (nSPS) is 15.0. The standard InChI is InChI=1S/C20H23ClN4O2S2/c1-24(12-15-9-10-17(21)29-15)18(26)13-28-20-23-22-19(16-8-5-11-27-16)25(20)14-6-3-2-4-7-14/h5,8-11,14H,2-4,6-7,12-13H2,1H3. The van der Waals surface area contributed by atoms with Crippen LogP contribution in [-0.4, -0.2) is 38.4 Å². The minimum atomic E-state index is 0.0530. The maximum Gasteiger partial charge on any atom is 0.233 e. The molecule has 1 fully saturated rings. The van der Waals surface area contributed by atoms with Gasteiger partial charge in [-0.15, -0.1) is 21.5 Å². The predicted molar refractivity (Wildman–Crippen MR) is 116 cm³/mol. The van der Waals surface area contributed by atoms with Gasteiger partial charge in [-0.2, -0.15) is 0 Å². The smallest absolute Gasteiger partial charge is 0.233 e. The Hall–Kier alpha value is -1.77. The second-order valence-corrected chi connectivity index (χ2v) is 9.93. The van der Waals surface area contributed by atoms with Gasteiger partial charge < -0.3 is 9.32 Å². The van der Waals surface area contributed by atoms with Crippen LogP contribution in [0.2, 0.25) is 4.34 Å². The summed E-state index contributed by atoms with van der Waals surface area (Å²) in [5.74, 6) is 1.84. The quantitative estimate of drug-likeness (QED) is 0.444. The second kappa shape index (κ2) is 9.36. The number of halogens is 1. The van der Waals surface area contributed by atoms with E-state index in [1.165, 1.54) is 42.4 Å². The van der Waals surface area contributed by atoms with Gasteiger partial charge in [-0.05, 0) is 37.1 Å². The molecule has 1 saturated carbocycles. The van der Waals surface area contributed by atoms with Crippen molar-refractivity contribution in [3.63, 3.8) is 0 Å². The molecule has 4 rings (SSSR count). The molecule has 0 aromatic carbocycles. The summed E-state index contributed by atoms with van der Waals surface area (Å²) in [4.78, 5) is 15.4. The molecular formula is C20H23ClN4O2S2. The topological polar surface area (TPSA) is 64.2 Å². The molecule has 0 N–H and O–H groups in total. The Morgan fingerprint density at radius 2 is 2.14 bits per heavy atom. The molecule has 3 aromatic rings. The highest BCUT2D eigenvalue weighted by molar-refractivity contribution is 7.99. The third-order valence-electron chi connectivity index (χ3n) is 5.12. The summed E-state index contributed by atoms with van der Waals surface area (Å²) in [7, 11) is 1.82.